The molecule has 0 aliphatic heterocycles. The van der Waals surface area contributed by atoms with Crippen LogP contribution in [0.3, 0.4) is 0 Å². The van der Waals surface area contributed by atoms with Gasteiger partial charge in [0.2, 0.25) is 11.8 Å². The molecule has 0 fully saturated rings. The van der Waals surface area contributed by atoms with E-state index < -0.39 is 6.04 Å². The predicted octanol–water partition coefficient (Wildman–Crippen LogP) is 5.02. The summed E-state index contributed by atoms with van der Waals surface area (Å²) in [4.78, 5) is 27.5. The molecule has 2 rings (SSSR count). The summed E-state index contributed by atoms with van der Waals surface area (Å²) in [6.07, 6.45) is 1.89. The van der Waals surface area contributed by atoms with Crippen molar-refractivity contribution in [3.63, 3.8) is 0 Å². The van der Waals surface area contributed by atoms with Crippen molar-refractivity contribution in [1.29, 1.82) is 0 Å². The van der Waals surface area contributed by atoms with Crippen molar-refractivity contribution >= 4 is 27.7 Å². The molecule has 0 spiro atoms. The van der Waals surface area contributed by atoms with Crippen molar-refractivity contribution < 1.29 is 9.59 Å². The molecule has 2 unspecified atom stereocenters. The standard InChI is InChI=1S/C24H31BrN2O2/c1-5-18(3)26-24(29)19(4)27(16-21-10-13-22(25)14-11-21)23(28)15-12-20-8-6-17(2)7-9-20/h6-11,13-14,18-19H,5,12,15-16H2,1-4H3,(H,26,29). The first-order valence-electron chi connectivity index (χ1n) is 10.2. The molecule has 0 saturated carbocycles. The number of aryl methyl sites for hydroxylation is 2. The van der Waals surface area contributed by atoms with E-state index in [0.29, 0.717) is 19.4 Å². The Morgan fingerprint density at radius 1 is 1.00 bits per heavy atom. The molecule has 0 heterocycles. The normalized spacial score (nSPS) is 12.9. The van der Waals surface area contributed by atoms with Gasteiger partial charge in [0.15, 0.2) is 0 Å². The van der Waals surface area contributed by atoms with Crippen LogP contribution in [0.15, 0.2) is 53.0 Å². The summed E-state index contributed by atoms with van der Waals surface area (Å²) < 4.78 is 0.987. The molecule has 0 bridgehead atoms. The molecule has 0 aliphatic rings. The van der Waals surface area contributed by atoms with Crippen LogP contribution < -0.4 is 5.32 Å². The van der Waals surface area contributed by atoms with E-state index in [1.165, 1.54) is 5.56 Å². The summed E-state index contributed by atoms with van der Waals surface area (Å²) in [6.45, 7) is 8.27. The zero-order valence-electron chi connectivity index (χ0n) is 17.7. The van der Waals surface area contributed by atoms with E-state index in [1.807, 2.05) is 45.0 Å². The number of halogens is 1. The average Bonchev–Trinajstić information content (AvgIpc) is 2.72. The molecule has 156 valence electrons. The quantitative estimate of drug-likeness (QED) is 0.573. The number of nitrogens with one attached hydrogen (secondary N) is 1. The number of nitrogens with zero attached hydrogens (tertiary/aromatic N) is 1. The van der Waals surface area contributed by atoms with Crippen LogP contribution in [0.2, 0.25) is 0 Å². The van der Waals surface area contributed by atoms with E-state index in [0.717, 1.165) is 22.0 Å². The molecule has 2 amide bonds. The number of carbonyl (C=O) groups is 2. The van der Waals surface area contributed by atoms with Gasteiger partial charge in [-0.15, -0.1) is 0 Å². The highest BCUT2D eigenvalue weighted by Crippen LogP contribution is 2.16. The molecular formula is C24H31BrN2O2. The third-order valence-electron chi connectivity index (χ3n) is 5.18. The third-order valence-corrected chi connectivity index (χ3v) is 5.71. The van der Waals surface area contributed by atoms with Gasteiger partial charge in [-0.25, -0.2) is 0 Å². The molecule has 0 saturated heterocycles. The van der Waals surface area contributed by atoms with Crippen molar-refractivity contribution in [1.82, 2.24) is 10.2 Å². The lowest BCUT2D eigenvalue weighted by Gasteiger charge is -2.30. The number of hydrogen-bond donors (Lipinski definition) is 1. The monoisotopic (exact) mass is 458 g/mol. The van der Waals surface area contributed by atoms with Crippen LogP contribution in [-0.2, 0) is 22.6 Å². The fourth-order valence-electron chi connectivity index (χ4n) is 2.98. The maximum Gasteiger partial charge on any atom is 0.242 e. The topological polar surface area (TPSA) is 49.4 Å². The van der Waals surface area contributed by atoms with Gasteiger partial charge in [-0.3, -0.25) is 9.59 Å². The van der Waals surface area contributed by atoms with Crippen molar-refractivity contribution in [3.05, 3.63) is 69.7 Å². The van der Waals surface area contributed by atoms with Crippen LogP contribution in [0.4, 0.5) is 0 Å². The smallest absolute Gasteiger partial charge is 0.242 e. The molecule has 2 atom stereocenters. The lowest BCUT2D eigenvalue weighted by atomic mass is 10.1. The second-order valence-electron chi connectivity index (χ2n) is 7.63. The first-order valence-corrected chi connectivity index (χ1v) is 11.0. The van der Waals surface area contributed by atoms with Crippen LogP contribution in [0.25, 0.3) is 0 Å². The van der Waals surface area contributed by atoms with Gasteiger partial charge in [0, 0.05) is 23.5 Å². The highest BCUT2D eigenvalue weighted by molar-refractivity contribution is 9.10. The Balaban J connectivity index is 2.13. The minimum Gasteiger partial charge on any atom is -0.352 e. The second kappa shape index (κ2) is 11.1. The number of carbonyl (C=O) groups excluding carboxylic acids is 2. The Labute approximate surface area is 182 Å². The Morgan fingerprint density at radius 3 is 2.17 bits per heavy atom. The molecule has 0 aromatic heterocycles. The first-order chi connectivity index (χ1) is 13.8. The van der Waals surface area contributed by atoms with E-state index in [9.17, 15) is 9.59 Å². The zero-order valence-corrected chi connectivity index (χ0v) is 19.3. The van der Waals surface area contributed by atoms with Gasteiger partial charge in [-0.1, -0.05) is 64.8 Å². The summed E-state index contributed by atoms with van der Waals surface area (Å²) >= 11 is 3.44. The van der Waals surface area contributed by atoms with E-state index in [1.54, 1.807) is 11.8 Å². The molecular weight excluding hydrogens is 428 g/mol. The van der Waals surface area contributed by atoms with E-state index in [-0.39, 0.29) is 17.9 Å². The van der Waals surface area contributed by atoms with E-state index >= 15 is 0 Å². The minimum atomic E-state index is -0.529. The van der Waals surface area contributed by atoms with Gasteiger partial charge >= 0.3 is 0 Å². The van der Waals surface area contributed by atoms with E-state index in [4.69, 9.17) is 0 Å². The number of rotatable bonds is 9. The van der Waals surface area contributed by atoms with Gasteiger partial charge in [0.05, 0.1) is 0 Å². The molecule has 29 heavy (non-hydrogen) atoms. The van der Waals surface area contributed by atoms with Crippen molar-refractivity contribution in [2.75, 3.05) is 0 Å². The summed E-state index contributed by atoms with van der Waals surface area (Å²) in [5.74, 6) is -0.125. The highest BCUT2D eigenvalue weighted by atomic mass is 79.9. The lowest BCUT2D eigenvalue weighted by Crippen LogP contribution is -2.49. The molecule has 0 radical (unpaired) electrons. The van der Waals surface area contributed by atoms with Gasteiger partial charge in [0.25, 0.3) is 0 Å². The van der Waals surface area contributed by atoms with Crippen LogP contribution >= 0.6 is 15.9 Å². The van der Waals surface area contributed by atoms with Crippen molar-refractivity contribution in [2.45, 2.75) is 65.6 Å². The molecule has 0 aliphatic carbocycles. The maximum absolute atomic E-state index is 13.1. The highest BCUT2D eigenvalue weighted by Gasteiger charge is 2.26. The van der Waals surface area contributed by atoms with Gasteiger partial charge < -0.3 is 10.2 Å². The summed E-state index contributed by atoms with van der Waals surface area (Å²) in [6, 6.07) is 15.6. The molecule has 2 aromatic carbocycles. The minimum absolute atomic E-state index is 0.0136. The molecule has 4 nitrogen and oxygen atoms in total. The van der Waals surface area contributed by atoms with Crippen LogP contribution in [0.5, 0.6) is 0 Å². The first kappa shape index (κ1) is 23.1. The van der Waals surface area contributed by atoms with Crippen LogP contribution in [0, 0.1) is 6.92 Å². The SMILES string of the molecule is CCC(C)NC(=O)C(C)N(Cc1ccc(Br)cc1)C(=O)CCc1ccc(C)cc1. The lowest BCUT2D eigenvalue weighted by molar-refractivity contribution is -0.140. The fraction of sp³-hybridized carbons (Fsp3) is 0.417. The summed E-state index contributed by atoms with van der Waals surface area (Å²) in [5.41, 5.74) is 3.33. The largest absolute Gasteiger partial charge is 0.352 e. The molecule has 2 aromatic rings. The molecule has 5 heteroatoms. The Morgan fingerprint density at radius 2 is 1.59 bits per heavy atom. The molecule has 1 N–H and O–H groups in total. The van der Waals surface area contributed by atoms with Crippen LogP contribution in [0.1, 0.15) is 50.3 Å². The maximum atomic E-state index is 13.1. The Bertz CT molecular complexity index is 803. The second-order valence-corrected chi connectivity index (χ2v) is 8.54. The van der Waals surface area contributed by atoms with E-state index in [2.05, 4.69) is 45.5 Å². The summed E-state index contributed by atoms with van der Waals surface area (Å²) in [7, 11) is 0. The Hall–Kier alpha value is -2.14. The number of amides is 2. The van der Waals surface area contributed by atoms with Gasteiger partial charge in [-0.2, -0.15) is 0 Å². The summed E-state index contributed by atoms with van der Waals surface area (Å²) in [5, 5.41) is 3.00. The van der Waals surface area contributed by atoms with Crippen molar-refractivity contribution in [2.24, 2.45) is 0 Å². The van der Waals surface area contributed by atoms with Crippen molar-refractivity contribution in [3.8, 4) is 0 Å². The third kappa shape index (κ3) is 7.32. The predicted molar refractivity (Wildman–Crippen MR) is 122 cm³/mol. The van der Waals surface area contributed by atoms with Gasteiger partial charge in [-0.05, 0) is 56.9 Å². The zero-order chi connectivity index (χ0) is 21.4. The van der Waals surface area contributed by atoms with Gasteiger partial charge in [0.1, 0.15) is 6.04 Å². The fourth-order valence-corrected chi connectivity index (χ4v) is 3.25. The van der Waals surface area contributed by atoms with Crippen LogP contribution in [-0.4, -0.2) is 28.8 Å². The Kier molecular flexibility index (Phi) is 8.90. The average molecular weight is 459 g/mol. The number of hydrogen-bond acceptors (Lipinski definition) is 2. The number of benzene rings is 2.